The standard InChI is InChI=1S/C24H30N4O3S/c1-24(19-9-5-3-6-10-19,18-27(2)32(30,31)20-11-7-4-8-12-20)14-16-28-15-13-22-21(17-28)23(29)26-25-22/h3-12H,13-18H2,1-2H3,(H2,25,26,29). The Bertz CT molecular complexity index is 1200. The van der Waals surface area contributed by atoms with Crippen molar-refractivity contribution in [2.24, 2.45) is 0 Å². The number of hydrogen-bond donors (Lipinski definition) is 2. The summed E-state index contributed by atoms with van der Waals surface area (Å²) >= 11 is 0. The summed E-state index contributed by atoms with van der Waals surface area (Å²) in [6.45, 7) is 4.73. The molecule has 0 spiro atoms. The minimum atomic E-state index is -3.59. The topological polar surface area (TPSA) is 89.3 Å². The third kappa shape index (κ3) is 4.57. The molecule has 1 unspecified atom stereocenters. The Morgan fingerprint density at radius 1 is 1.03 bits per heavy atom. The molecule has 0 fully saturated rings. The first-order chi connectivity index (χ1) is 15.3. The van der Waals surface area contributed by atoms with Gasteiger partial charge in [0.1, 0.15) is 0 Å². The van der Waals surface area contributed by atoms with Crippen LogP contribution in [0.15, 0.2) is 70.4 Å². The zero-order chi connectivity index (χ0) is 22.8. The lowest BCUT2D eigenvalue weighted by molar-refractivity contribution is 0.214. The summed E-state index contributed by atoms with van der Waals surface area (Å²) in [5.74, 6) is 0. The molecule has 2 N–H and O–H groups in total. The molecule has 1 aliphatic heterocycles. The number of nitrogens with zero attached hydrogens (tertiary/aromatic N) is 2. The van der Waals surface area contributed by atoms with Gasteiger partial charge in [0.25, 0.3) is 5.56 Å². The monoisotopic (exact) mass is 454 g/mol. The summed E-state index contributed by atoms with van der Waals surface area (Å²) in [4.78, 5) is 14.6. The molecule has 0 aliphatic carbocycles. The van der Waals surface area contributed by atoms with Gasteiger partial charge in [-0.25, -0.2) is 12.7 Å². The zero-order valence-electron chi connectivity index (χ0n) is 18.5. The van der Waals surface area contributed by atoms with Gasteiger partial charge in [-0.05, 0) is 30.7 Å². The number of rotatable bonds is 8. The SMILES string of the molecule is CN(CC(C)(CCN1CCc2[nH][nH]c(=O)c2C1)c1ccccc1)S(=O)(=O)c1ccccc1. The molecule has 1 aliphatic rings. The summed E-state index contributed by atoms with van der Waals surface area (Å²) < 4.78 is 27.8. The van der Waals surface area contributed by atoms with Gasteiger partial charge in [0, 0.05) is 44.2 Å². The number of aromatic amines is 2. The summed E-state index contributed by atoms with van der Waals surface area (Å²) in [5.41, 5.74) is 2.46. The smallest absolute Gasteiger partial charge is 0.268 e. The number of fused-ring (bicyclic) bond motifs is 1. The van der Waals surface area contributed by atoms with Crippen molar-refractivity contribution in [1.29, 1.82) is 0 Å². The molecule has 1 aromatic heterocycles. The number of nitrogens with one attached hydrogen (secondary N) is 2. The molecule has 0 amide bonds. The van der Waals surface area contributed by atoms with E-state index in [1.54, 1.807) is 31.3 Å². The second kappa shape index (κ2) is 9.05. The van der Waals surface area contributed by atoms with E-state index in [1.807, 2.05) is 24.3 Å². The van der Waals surface area contributed by atoms with Crippen LogP contribution >= 0.6 is 0 Å². The van der Waals surface area contributed by atoms with E-state index in [1.165, 1.54) is 4.31 Å². The van der Waals surface area contributed by atoms with Crippen molar-refractivity contribution >= 4 is 10.0 Å². The van der Waals surface area contributed by atoms with Gasteiger partial charge in [0.05, 0.1) is 10.5 Å². The zero-order valence-corrected chi connectivity index (χ0v) is 19.4. The van der Waals surface area contributed by atoms with Crippen LogP contribution in [0.1, 0.15) is 30.2 Å². The average Bonchev–Trinajstić information content (AvgIpc) is 3.19. The Hall–Kier alpha value is -2.68. The first kappa shape index (κ1) is 22.5. The summed E-state index contributed by atoms with van der Waals surface area (Å²) in [5, 5.41) is 5.64. The van der Waals surface area contributed by atoms with E-state index in [0.717, 1.165) is 42.8 Å². The van der Waals surface area contributed by atoms with Crippen LogP contribution in [0.2, 0.25) is 0 Å². The van der Waals surface area contributed by atoms with Crippen LogP contribution in [0.3, 0.4) is 0 Å². The third-order valence-corrected chi connectivity index (χ3v) is 8.32. The van der Waals surface area contributed by atoms with Gasteiger partial charge in [-0.2, -0.15) is 0 Å². The maximum Gasteiger partial charge on any atom is 0.268 e. The van der Waals surface area contributed by atoms with Crippen LogP contribution in [0.5, 0.6) is 0 Å². The van der Waals surface area contributed by atoms with Gasteiger partial charge in [-0.3, -0.25) is 14.8 Å². The van der Waals surface area contributed by atoms with E-state index in [0.29, 0.717) is 18.0 Å². The summed E-state index contributed by atoms with van der Waals surface area (Å²) in [6.07, 6.45) is 1.57. The van der Waals surface area contributed by atoms with E-state index >= 15 is 0 Å². The molecule has 3 aromatic rings. The molecule has 7 nitrogen and oxygen atoms in total. The Kier molecular flexibility index (Phi) is 6.37. The van der Waals surface area contributed by atoms with Crippen molar-refractivity contribution in [1.82, 2.24) is 19.4 Å². The Morgan fingerprint density at radius 2 is 1.69 bits per heavy atom. The largest absolute Gasteiger partial charge is 0.302 e. The highest BCUT2D eigenvalue weighted by Gasteiger charge is 2.33. The molecule has 0 bridgehead atoms. The lowest BCUT2D eigenvalue weighted by Crippen LogP contribution is -2.43. The normalized spacial score (nSPS) is 16.6. The second-order valence-corrected chi connectivity index (χ2v) is 10.9. The second-order valence-electron chi connectivity index (χ2n) is 8.81. The van der Waals surface area contributed by atoms with E-state index in [9.17, 15) is 13.2 Å². The molecule has 8 heteroatoms. The molecule has 2 aromatic carbocycles. The predicted octanol–water partition coefficient (Wildman–Crippen LogP) is 2.73. The third-order valence-electron chi connectivity index (χ3n) is 6.50. The van der Waals surface area contributed by atoms with E-state index < -0.39 is 10.0 Å². The highest BCUT2D eigenvalue weighted by molar-refractivity contribution is 7.89. The van der Waals surface area contributed by atoms with E-state index in [2.05, 4.69) is 34.2 Å². The van der Waals surface area contributed by atoms with Crippen LogP contribution in [-0.2, 0) is 28.4 Å². The van der Waals surface area contributed by atoms with Gasteiger partial charge in [-0.1, -0.05) is 55.5 Å². The Balaban J connectivity index is 1.54. The molecule has 4 rings (SSSR count). The molecule has 2 heterocycles. The number of likely N-dealkylation sites (N-methyl/N-ethyl adjacent to an activating group) is 1. The number of hydrogen-bond acceptors (Lipinski definition) is 4. The van der Waals surface area contributed by atoms with Crippen molar-refractivity contribution in [3.8, 4) is 0 Å². The lowest BCUT2D eigenvalue weighted by atomic mass is 9.79. The van der Waals surface area contributed by atoms with Crippen molar-refractivity contribution in [2.45, 2.75) is 36.6 Å². The Morgan fingerprint density at radius 3 is 2.38 bits per heavy atom. The lowest BCUT2D eigenvalue weighted by Gasteiger charge is -2.36. The van der Waals surface area contributed by atoms with Crippen molar-refractivity contribution < 1.29 is 8.42 Å². The molecule has 32 heavy (non-hydrogen) atoms. The predicted molar refractivity (Wildman–Crippen MR) is 125 cm³/mol. The van der Waals surface area contributed by atoms with Crippen molar-refractivity contribution in [2.75, 3.05) is 26.7 Å². The van der Waals surface area contributed by atoms with Gasteiger partial charge < -0.3 is 5.10 Å². The summed E-state index contributed by atoms with van der Waals surface area (Å²) in [7, 11) is -1.94. The van der Waals surface area contributed by atoms with Crippen LogP contribution < -0.4 is 5.56 Å². The van der Waals surface area contributed by atoms with Crippen molar-refractivity contribution in [3.63, 3.8) is 0 Å². The van der Waals surface area contributed by atoms with Crippen molar-refractivity contribution in [3.05, 3.63) is 87.8 Å². The fourth-order valence-electron chi connectivity index (χ4n) is 4.47. The molecule has 170 valence electrons. The van der Waals surface area contributed by atoms with Gasteiger partial charge in [0.2, 0.25) is 10.0 Å². The molecular formula is C24H30N4O3S. The maximum absolute atomic E-state index is 13.2. The van der Waals surface area contributed by atoms with Gasteiger partial charge in [-0.15, -0.1) is 0 Å². The van der Waals surface area contributed by atoms with Crippen LogP contribution in [0.4, 0.5) is 0 Å². The van der Waals surface area contributed by atoms with E-state index in [4.69, 9.17) is 0 Å². The Labute approximate surface area is 189 Å². The first-order valence-electron chi connectivity index (χ1n) is 10.9. The molecule has 0 saturated heterocycles. The first-order valence-corrected chi connectivity index (χ1v) is 12.3. The average molecular weight is 455 g/mol. The van der Waals surface area contributed by atoms with Crippen LogP contribution in [0, 0.1) is 0 Å². The summed E-state index contributed by atoms with van der Waals surface area (Å²) in [6, 6.07) is 18.6. The van der Waals surface area contributed by atoms with Crippen LogP contribution in [0.25, 0.3) is 0 Å². The van der Waals surface area contributed by atoms with Gasteiger partial charge >= 0.3 is 0 Å². The number of aromatic nitrogens is 2. The highest BCUT2D eigenvalue weighted by atomic mass is 32.2. The van der Waals surface area contributed by atoms with E-state index in [-0.39, 0.29) is 11.0 Å². The molecular weight excluding hydrogens is 424 g/mol. The maximum atomic E-state index is 13.2. The molecule has 1 atom stereocenters. The molecule has 0 radical (unpaired) electrons. The quantitative estimate of drug-likeness (QED) is 0.548. The number of H-pyrrole nitrogens is 2. The number of benzene rings is 2. The fraction of sp³-hybridized carbons (Fsp3) is 0.375. The van der Waals surface area contributed by atoms with Crippen LogP contribution in [-0.4, -0.2) is 54.5 Å². The minimum Gasteiger partial charge on any atom is -0.302 e. The van der Waals surface area contributed by atoms with Gasteiger partial charge in [0.15, 0.2) is 0 Å². The fourth-order valence-corrected chi connectivity index (χ4v) is 5.79. The molecule has 0 saturated carbocycles. The number of sulfonamides is 1. The highest BCUT2D eigenvalue weighted by Crippen LogP contribution is 2.31. The minimum absolute atomic E-state index is 0.0517.